The van der Waals surface area contributed by atoms with Crippen molar-refractivity contribution in [3.05, 3.63) is 38.9 Å². The van der Waals surface area contributed by atoms with Gasteiger partial charge in [0.05, 0.1) is 11.5 Å². The number of halogens is 4. The summed E-state index contributed by atoms with van der Waals surface area (Å²) in [5, 5.41) is 19.3. The highest BCUT2D eigenvalue weighted by Crippen LogP contribution is 2.29. The van der Waals surface area contributed by atoms with Crippen molar-refractivity contribution in [1.29, 1.82) is 0 Å². The molecule has 0 atom stereocenters. The van der Waals surface area contributed by atoms with Crippen LogP contribution in [-0.4, -0.2) is 46.7 Å². The smallest absolute Gasteiger partial charge is 0.395 e. The number of amides is 1. The number of carbonyl (C=O) groups excluding carboxylic acids is 1. The number of nitro benzene ring substituents is 1. The first kappa shape index (κ1) is 17.2. The van der Waals surface area contributed by atoms with Gasteiger partial charge in [-0.3, -0.25) is 14.9 Å². The fraction of sp³-hybridized carbons (Fsp3) is 0.364. The van der Waals surface area contributed by atoms with Gasteiger partial charge in [0.25, 0.3) is 5.91 Å². The Labute approximate surface area is 121 Å². The first-order valence-electron chi connectivity index (χ1n) is 5.57. The van der Waals surface area contributed by atoms with Gasteiger partial charge in [0.15, 0.2) is 0 Å². The lowest BCUT2D eigenvalue weighted by Crippen LogP contribution is -2.40. The van der Waals surface area contributed by atoms with E-state index in [0.29, 0.717) is 0 Å². The van der Waals surface area contributed by atoms with Crippen LogP contribution >= 0.6 is 11.6 Å². The number of carbonyl (C=O) groups is 1. The van der Waals surface area contributed by atoms with E-state index in [1.807, 2.05) is 0 Å². The molecule has 0 aliphatic heterocycles. The molecular formula is C11H10ClF3N2O4. The maximum atomic E-state index is 12.4. The molecule has 0 aliphatic carbocycles. The number of alkyl halides is 3. The number of rotatable bonds is 5. The van der Waals surface area contributed by atoms with Crippen molar-refractivity contribution < 1.29 is 28.0 Å². The van der Waals surface area contributed by atoms with E-state index in [9.17, 15) is 28.1 Å². The summed E-state index contributed by atoms with van der Waals surface area (Å²) in [5.41, 5.74) is -1.33. The molecule has 0 saturated heterocycles. The van der Waals surface area contributed by atoms with Crippen LogP contribution in [0.1, 0.15) is 10.4 Å². The van der Waals surface area contributed by atoms with Gasteiger partial charge < -0.3 is 10.0 Å². The maximum absolute atomic E-state index is 12.4. The first-order valence-corrected chi connectivity index (χ1v) is 5.95. The van der Waals surface area contributed by atoms with Gasteiger partial charge in [-0.05, 0) is 12.1 Å². The molecule has 116 valence electrons. The second-order valence-electron chi connectivity index (χ2n) is 3.96. The molecule has 0 bridgehead atoms. The maximum Gasteiger partial charge on any atom is 0.406 e. The van der Waals surface area contributed by atoms with Crippen molar-refractivity contribution in [2.45, 2.75) is 6.18 Å². The first-order chi connectivity index (χ1) is 9.67. The summed E-state index contributed by atoms with van der Waals surface area (Å²) in [5.74, 6) is -1.23. The van der Waals surface area contributed by atoms with E-state index in [0.717, 1.165) is 12.1 Å². The third-order valence-electron chi connectivity index (χ3n) is 2.43. The van der Waals surface area contributed by atoms with E-state index >= 15 is 0 Å². The van der Waals surface area contributed by atoms with Crippen molar-refractivity contribution in [2.75, 3.05) is 19.7 Å². The van der Waals surface area contributed by atoms with E-state index in [4.69, 9.17) is 16.7 Å². The molecule has 0 heterocycles. The van der Waals surface area contributed by atoms with E-state index in [1.54, 1.807) is 0 Å². The molecule has 1 aromatic carbocycles. The van der Waals surface area contributed by atoms with Crippen LogP contribution in [0.5, 0.6) is 0 Å². The number of para-hydroxylation sites is 1. The Bertz CT molecular complexity index is 551. The zero-order valence-corrected chi connectivity index (χ0v) is 11.2. The minimum absolute atomic E-state index is 0.276. The van der Waals surface area contributed by atoms with E-state index in [-0.39, 0.29) is 9.92 Å². The van der Waals surface area contributed by atoms with Crippen molar-refractivity contribution in [1.82, 2.24) is 4.90 Å². The highest BCUT2D eigenvalue weighted by atomic mass is 35.5. The predicted octanol–water partition coefficient (Wildman–Crippen LogP) is 2.25. The Morgan fingerprint density at radius 2 is 2.05 bits per heavy atom. The average molecular weight is 327 g/mol. The number of aliphatic hydroxyl groups excluding tert-OH is 1. The lowest BCUT2D eigenvalue weighted by atomic mass is 10.1. The van der Waals surface area contributed by atoms with Crippen LogP contribution in [0.25, 0.3) is 0 Å². The molecular weight excluding hydrogens is 317 g/mol. The number of benzene rings is 1. The van der Waals surface area contributed by atoms with Crippen LogP contribution in [0.3, 0.4) is 0 Å². The van der Waals surface area contributed by atoms with Crippen molar-refractivity contribution in [3.8, 4) is 0 Å². The largest absolute Gasteiger partial charge is 0.406 e. The zero-order chi connectivity index (χ0) is 16.2. The molecule has 1 amide bonds. The molecule has 0 unspecified atom stereocenters. The molecule has 0 aromatic heterocycles. The molecule has 6 nitrogen and oxygen atoms in total. The van der Waals surface area contributed by atoms with Crippen LogP contribution in [0.4, 0.5) is 18.9 Å². The van der Waals surface area contributed by atoms with Gasteiger partial charge in [-0.2, -0.15) is 13.2 Å². The summed E-state index contributed by atoms with van der Waals surface area (Å²) < 4.78 is 37.2. The third kappa shape index (κ3) is 4.57. The van der Waals surface area contributed by atoms with Gasteiger partial charge in [0, 0.05) is 6.54 Å². The SMILES string of the molecule is O=C(c1cccc(Cl)c1[N+](=O)[O-])N(CCO)CC(F)(F)F. The molecule has 0 fully saturated rings. The summed E-state index contributed by atoms with van der Waals surface area (Å²) in [6, 6.07) is 3.37. The number of hydrogen-bond acceptors (Lipinski definition) is 4. The number of hydrogen-bond donors (Lipinski definition) is 1. The highest BCUT2D eigenvalue weighted by molar-refractivity contribution is 6.33. The second kappa shape index (κ2) is 6.72. The van der Waals surface area contributed by atoms with Crippen LogP contribution in [0.2, 0.25) is 5.02 Å². The van der Waals surface area contributed by atoms with Crippen molar-refractivity contribution >= 4 is 23.2 Å². The Morgan fingerprint density at radius 1 is 1.43 bits per heavy atom. The summed E-state index contributed by atoms with van der Waals surface area (Å²) >= 11 is 5.60. The van der Waals surface area contributed by atoms with Gasteiger partial charge in [-0.1, -0.05) is 17.7 Å². The fourth-order valence-corrected chi connectivity index (χ4v) is 1.88. The topological polar surface area (TPSA) is 83.7 Å². The van der Waals surface area contributed by atoms with Gasteiger partial charge in [0.2, 0.25) is 0 Å². The van der Waals surface area contributed by atoms with E-state index in [1.165, 1.54) is 6.07 Å². The minimum Gasteiger partial charge on any atom is -0.395 e. The molecule has 1 rings (SSSR count). The van der Waals surface area contributed by atoms with Crippen LogP contribution in [-0.2, 0) is 0 Å². The van der Waals surface area contributed by atoms with Crippen LogP contribution < -0.4 is 0 Å². The summed E-state index contributed by atoms with van der Waals surface area (Å²) in [6.45, 7) is -2.95. The molecule has 0 spiro atoms. The van der Waals surface area contributed by atoms with Gasteiger partial charge in [0.1, 0.15) is 17.1 Å². The third-order valence-corrected chi connectivity index (χ3v) is 2.73. The average Bonchev–Trinajstić information content (AvgIpc) is 2.35. The van der Waals surface area contributed by atoms with Crippen LogP contribution in [0.15, 0.2) is 18.2 Å². The lowest BCUT2D eigenvalue weighted by Gasteiger charge is -2.23. The number of aliphatic hydroxyl groups is 1. The zero-order valence-electron chi connectivity index (χ0n) is 10.4. The Hall–Kier alpha value is -1.87. The van der Waals surface area contributed by atoms with Crippen molar-refractivity contribution in [3.63, 3.8) is 0 Å². The molecule has 0 saturated carbocycles. The molecule has 10 heteroatoms. The normalized spacial score (nSPS) is 11.3. The monoisotopic (exact) mass is 326 g/mol. The predicted molar refractivity (Wildman–Crippen MR) is 67.2 cm³/mol. The van der Waals surface area contributed by atoms with Crippen LogP contribution in [0, 0.1) is 10.1 Å². The quantitative estimate of drug-likeness (QED) is 0.664. The Kier molecular flexibility index (Phi) is 5.50. The Balaban J connectivity index is 3.21. The molecule has 0 radical (unpaired) electrons. The molecule has 0 aliphatic rings. The highest BCUT2D eigenvalue weighted by Gasteiger charge is 2.35. The molecule has 21 heavy (non-hydrogen) atoms. The summed E-state index contributed by atoms with van der Waals surface area (Å²) in [4.78, 5) is 22.3. The van der Waals surface area contributed by atoms with E-state index in [2.05, 4.69) is 0 Å². The number of nitro groups is 1. The molecule has 1 aromatic rings. The summed E-state index contributed by atoms with van der Waals surface area (Å²) in [6.07, 6.45) is -4.70. The second-order valence-corrected chi connectivity index (χ2v) is 4.37. The lowest BCUT2D eigenvalue weighted by molar-refractivity contribution is -0.385. The standard InChI is InChI=1S/C11H10ClF3N2O4/c12-8-3-1-2-7(9(8)17(20)21)10(19)16(4-5-18)6-11(13,14)15/h1-3,18H,4-6H2. The molecule has 1 N–H and O–H groups in total. The number of nitrogens with zero attached hydrogens (tertiary/aromatic N) is 2. The summed E-state index contributed by atoms with van der Waals surface area (Å²) in [7, 11) is 0. The van der Waals surface area contributed by atoms with Gasteiger partial charge >= 0.3 is 11.9 Å². The minimum atomic E-state index is -4.70. The van der Waals surface area contributed by atoms with Crippen molar-refractivity contribution in [2.24, 2.45) is 0 Å². The fourth-order valence-electron chi connectivity index (χ4n) is 1.63. The van der Waals surface area contributed by atoms with E-state index < -0.39 is 48.0 Å². The van der Waals surface area contributed by atoms with Gasteiger partial charge in [-0.15, -0.1) is 0 Å². The van der Waals surface area contributed by atoms with Gasteiger partial charge in [-0.25, -0.2) is 0 Å². The Morgan fingerprint density at radius 3 is 2.52 bits per heavy atom.